The van der Waals surface area contributed by atoms with Crippen molar-refractivity contribution in [3.63, 3.8) is 0 Å². The van der Waals surface area contributed by atoms with Gasteiger partial charge >= 0.3 is 0 Å². The monoisotopic (exact) mass is 268 g/mol. The molecular formula is C11H19ClF2N2O. The summed E-state index contributed by atoms with van der Waals surface area (Å²) < 4.78 is 25.3. The Kier molecular flexibility index (Phi) is 4.72. The second kappa shape index (κ2) is 5.48. The molecule has 0 aromatic rings. The molecule has 2 aliphatic rings. The van der Waals surface area contributed by atoms with Crippen molar-refractivity contribution in [2.45, 2.75) is 31.6 Å². The van der Waals surface area contributed by atoms with E-state index in [1.165, 1.54) is 0 Å². The van der Waals surface area contributed by atoms with Gasteiger partial charge < -0.3 is 10.6 Å². The number of carbonyl (C=O) groups is 1. The van der Waals surface area contributed by atoms with Gasteiger partial charge in [0.1, 0.15) is 0 Å². The average Bonchev–Trinajstić information content (AvgIpc) is 2.25. The van der Waals surface area contributed by atoms with Crippen LogP contribution in [-0.4, -0.2) is 36.4 Å². The summed E-state index contributed by atoms with van der Waals surface area (Å²) in [6.07, 6.45) is 1.29. The van der Waals surface area contributed by atoms with Gasteiger partial charge in [-0.25, -0.2) is 8.78 Å². The molecular weight excluding hydrogens is 250 g/mol. The fourth-order valence-electron chi connectivity index (χ4n) is 2.48. The minimum Gasteiger partial charge on any atom is -0.342 e. The second-order valence-electron chi connectivity index (χ2n) is 4.97. The number of hydrogen-bond donors (Lipinski definition) is 1. The van der Waals surface area contributed by atoms with Crippen LogP contribution >= 0.6 is 12.4 Å². The molecule has 2 rings (SSSR count). The molecule has 0 bridgehead atoms. The Morgan fingerprint density at radius 2 is 1.82 bits per heavy atom. The van der Waals surface area contributed by atoms with E-state index in [0.29, 0.717) is 25.6 Å². The number of hydrogen-bond acceptors (Lipinski definition) is 2. The Morgan fingerprint density at radius 1 is 1.29 bits per heavy atom. The molecule has 3 nitrogen and oxygen atoms in total. The van der Waals surface area contributed by atoms with Gasteiger partial charge in [-0.2, -0.15) is 0 Å². The number of piperidine rings is 1. The van der Waals surface area contributed by atoms with E-state index in [0.717, 1.165) is 12.8 Å². The predicted molar refractivity (Wildman–Crippen MR) is 63.3 cm³/mol. The summed E-state index contributed by atoms with van der Waals surface area (Å²) in [5, 5.41) is 0. The van der Waals surface area contributed by atoms with Gasteiger partial charge in [0.15, 0.2) is 0 Å². The first-order valence-corrected chi connectivity index (χ1v) is 5.88. The van der Waals surface area contributed by atoms with Crippen LogP contribution in [0, 0.1) is 11.8 Å². The van der Waals surface area contributed by atoms with E-state index < -0.39 is 11.8 Å². The van der Waals surface area contributed by atoms with Gasteiger partial charge in [0.25, 0.3) is 0 Å². The summed E-state index contributed by atoms with van der Waals surface area (Å²) in [5.74, 6) is -2.63. The standard InChI is InChI=1S/C11H18F2N2O.ClH/c12-11(13)5-9(6-11)10(16)15-3-1-8(7-14)2-4-15;/h8-9H,1-7,14H2;1H. The zero-order chi connectivity index (χ0) is 11.8. The molecule has 1 heterocycles. The molecule has 0 atom stereocenters. The van der Waals surface area contributed by atoms with E-state index in [1.54, 1.807) is 4.90 Å². The second-order valence-corrected chi connectivity index (χ2v) is 4.97. The first kappa shape index (κ1) is 14.6. The van der Waals surface area contributed by atoms with Gasteiger partial charge in [0, 0.05) is 31.8 Å². The Hall–Kier alpha value is -0.420. The zero-order valence-corrected chi connectivity index (χ0v) is 10.5. The third-order valence-electron chi connectivity index (χ3n) is 3.70. The number of amides is 1. The van der Waals surface area contributed by atoms with Crippen LogP contribution in [0.3, 0.4) is 0 Å². The van der Waals surface area contributed by atoms with Crippen molar-refractivity contribution in [2.24, 2.45) is 17.6 Å². The summed E-state index contributed by atoms with van der Waals surface area (Å²) in [4.78, 5) is 13.6. The van der Waals surface area contributed by atoms with Gasteiger partial charge in [-0.15, -0.1) is 12.4 Å². The molecule has 6 heteroatoms. The van der Waals surface area contributed by atoms with Crippen LogP contribution in [0.1, 0.15) is 25.7 Å². The quantitative estimate of drug-likeness (QED) is 0.828. The lowest BCUT2D eigenvalue weighted by Gasteiger charge is -2.39. The van der Waals surface area contributed by atoms with Crippen LogP contribution in [0.15, 0.2) is 0 Å². The van der Waals surface area contributed by atoms with Gasteiger partial charge in [0.05, 0.1) is 0 Å². The van der Waals surface area contributed by atoms with Crippen molar-refractivity contribution in [2.75, 3.05) is 19.6 Å². The molecule has 1 saturated heterocycles. The normalized spacial score (nSPS) is 25.0. The molecule has 0 radical (unpaired) electrons. The summed E-state index contributed by atoms with van der Waals surface area (Å²) in [6, 6.07) is 0. The van der Waals surface area contributed by atoms with Crippen molar-refractivity contribution >= 4 is 18.3 Å². The Morgan fingerprint density at radius 3 is 2.24 bits per heavy atom. The Bertz CT molecular complexity index is 273. The lowest BCUT2D eigenvalue weighted by Crippen LogP contribution is -2.49. The smallest absolute Gasteiger partial charge is 0.249 e. The number of nitrogens with zero attached hydrogens (tertiary/aromatic N) is 1. The predicted octanol–water partition coefficient (Wildman–Crippen LogP) is 1.65. The van der Waals surface area contributed by atoms with Gasteiger partial charge in [-0.05, 0) is 25.3 Å². The SMILES string of the molecule is Cl.NCC1CCN(C(=O)C2CC(F)(F)C2)CC1. The Labute approximate surface area is 106 Å². The molecule has 1 saturated carbocycles. The van der Waals surface area contributed by atoms with E-state index in [1.807, 2.05) is 0 Å². The summed E-state index contributed by atoms with van der Waals surface area (Å²) in [7, 11) is 0. The number of likely N-dealkylation sites (tertiary alicyclic amines) is 1. The maximum absolute atomic E-state index is 12.6. The number of alkyl halides is 2. The fraction of sp³-hybridized carbons (Fsp3) is 0.909. The molecule has 1 aliphatic carbocycles. The first-order valence-electron chi connectivity index (χ1n) is 5.88. The maximum Gasteiger partial charge on any atom is 0.249 e. The highest BCUT2D eigenvalue weighted by Crippen LogP contribution is 2.43. The number of halogens is 3. The van der Waals surface area contributed by atoms with Crippen molar-refractivity contribution in [3.05, 3.63) is 0 Å². The van der Waals surface area contributed by atoms with E-state index in [4.69, 9.17) is 5.73 Å². The van der Waals surface area contributed by atoms with Gasteiger partial charge in [-0.1, -0.05) is 0 Å². The van der Waals surface area contributed by atoms with Crippen LogP contribution < -0.4 is 5.73 Å². The van der Waals surface area contributed by atoms with Gasteiger partial charge in [0.2, 0.25) is 11.8 Å². The van der Waals surface area contributed by atoms with Crippen LogP contribution in [0.5, 0.6) is 0 Å². The molecule has 100 valence electrons. The number of rotatable bonds is 2. The molecule has 0 aromatic heterocycles. The lowest BCUT2D eigenvalue weighted by molar-refractivity contribution is -0.160. The molecule has 0 spiro atoms. The van der Waals surface area contributed by atoms with Crippen LogP contribution in [-0.2, 0) is 4.79 Å². The molecule has 2 fully saturated rings. The van der Waals surface area contributed by atoms with Crippen LogP contribution in [0.2, 0.25) is 0 Å². The van der Waals surface area contributed by atoms with E-state index in [-0.39, 0.29) is 31.2 Å². The third kappa shape index (κ3) is 3.28. The van der Waals surface area contributed by atoms with Crippen LogP contribution in [0.25, 0.3) is 0 Å². The van der Waals surface area contributed by atoms with Crippen molar-refractivity contribution in [3.8, 4) is 0 Å². The molecule has 0 unspecified atom stereocenters. The third-order valence-corrected chi connectivity index (χ3v) is 3.70. The minimum absolute atomic E-state index is 0. The van der Waals surface area contributed by atoms with Crippen molar-refractivity contribution in [1.82, 2.24) is 4.90 Å². The molecule has 1 aliphatic heterocycles. The van der Waals surface area contributed by atoms with E-state index in [2.05, 4.69) is 0 Å². The van der Waals surface area contributed by atoms with E-state index >= 15 is 0 Å². The van der Waals surface area contributed by atoms with Gasteiger partial charge in [-0.3, -0.25) is 4.79 Å². The zero-order valence-electron chi connectivity index (χ0n) is 9.70. The highest BCUT2D eigenvalue weighted by Gasteiger charge is 2.49. The summed E-state index contributed by atoms with van der Waals surface area (Å²) >= 11 is 0. The minimum atomic E-state index is -2.60. The largest absolute Gasteiger partial charge is 0.342 e. The lowest BCUT2D eigenvalue weighted by atomic mass is 9.80. The summed E-state index contributed by atoms with van der Waals surface area (Å²) in [6.45, 7) is 2.02. The van der Waals surface area contributed by atoms with Crippen molar-refractivity contribution < 1.29 is 13.6 Å². The maximum atomic E-state index is 12.6. The molecule has 17 heavy (non-hydrogen) atoms. The fourth-order valence-corrected chi connectivity index (χ4v) is 2.48. The highest BCUT2D eigenvalue weighted by molar-refractivity contribution is 5.85. The average molecular weight is 269 g/mol. The van der Waals surface area contributed by atoms with E-state index in [9.17, 15) is 13.6 Å². The highest BCUT2D eigenvalue weighted by atomic mass is 35.5. The molecule has 1 amide bonds. The first-order chi connectivity index (χ1) is 7.52. The topological polar surface area (TPSA) is 46.3 Å². The number of nitrogens with two attached hydrogens (primary N) is 1. The number of carbonyl (C=O) groups excluding carboxylic acids is 1. The van der Waals surface area contributed by atoms with Crippen molar-refractivity contribution in [1.29, 1.82) is 0 Å². The Balaban J connectivity index is 0.00000144. The summed E-state index contributed by atoms with van der Waals surface area (Å²) in [5.41, 5.74) is 5.55. The molecule has 0 aromatic carbocycles. The molecule has 2 N–H and O–H groups in total. The van der Waals surface area contributed by atoms with Crippen LogP contribution in [0.4, 0.5) is 8.78 Å².